The SMILES string of the molecule is CCCCC(CC)CCN(C(=O)C(C)(C)CCC)c1ccc(F)cc1F. The monoisotopic (exact) mass is 367 g/mol. The molecular weight excluding hydrogens is 332 g/mol. The van der Waals surface area contributed by atoms with Crippen LogP contribution in [-0.2, 0) is 4.79 Å². The minimum atomic E-state index is -0.674. The van der Waals surface area contributed by atoms with Crippen LogP contribution >= 0.6 is 0 Å². The van der Waals surface area contributed by atoms with Crippen LogP contribution in [0, 0.1) is 23.0 Å². The van der Waals surface area contributed by atoms with Gasteiger partial charge in [0.2, 0.25) is 5.91 Å². The molecule has 1 aromatic carbocycles. The molecule has 1 atom stereocenters. The highest BCUT2D eigenvalue weighted by Crippen LogP contribution is 2.31. The predicted octanol–water partition coefficient (Wildman–Crippen LogP) is 6.73. The summed E-state index contributed by atoms with van der Waals surface area (Å²) in [6.45, 7) is 10.6. The van der Waals surface area contributed by atoms with Gasteiger partial charge in [0.25, 0.3) is 0 Å². The molecule has 0 saturated carbocycles. The summed E-state index contributed by atoms with van der Waals surface area (Å²) in [4.78, 5) is 14.7. The molecule has 0 saturated heterocycles. The number of hydrogen-bond acceptors (Lipinski definition) is 1. The molecule has 0 bridgehead atoms. The van der Waals surface area contributed by atoms with Crippen molar-refractivity contribution in [3.63, 3.8) is 0 Å². The van der Waals surface area contributed by atoms with Crippen LogP contribution in [0.3, 0.4) is 0 Å². The smallest absolute Gasteiger partial charge is 0.232 e. The lowest BCUT2D eigenvalue weighted by atomic mass is 9.86. The van der Waals surface area contributed by atoms with Gasteiger partial charge >= 0.3 is 0 Å². The number of carbonyl (C=O) groups is 1. The number of carbonyl (C=O) groups excluding carboxylic acids is 1. The van der Waals surface area contributed by atoms with Crippen LogP contribution in [0.5, 0.6) is 0 Å². The fraction of sp³-hybridized carbons (Fsp3) is 0.682. The van der Waals surface area contributed by atoms with Crippen molar-refractivity contribution in [1.82, 2.24) is 0 Å². The van der Waals surface area contributed by atoms with Crippen LogP contribution < -0.4 is 4.90 Å². The second-order valence-corrected chi connectivity index (χ2v) is 7.89. The van der Waals surface area contributed by atoms with E-state index < -0.39 is 17.0 Å². The number of halogens is 2. The van der Waals surface area contributed by atoms with Gasteiger partial charge in [0.05, 0.1) is 5.69 Å². The van der Waals surface area contributed by atoms with E-state index in [2.05, 4.69) is 13.8 Å². The maximum absolute atomic E-state index is 14.4. The van der Waals surface area contributed by atoms with Gasteiger partial charge in [0.1, 0.15) is 11.6 Å². The van der Waals surface area contributed by atoms with Crippen LogP contribution in [0.4, 0.5) is 14.5 Å². The summed E-state index contributed by atoms with van der Waals surface area (Å²) >= 11 is 0. The van der Waals surface area contributed by atoms with E-state index in [-0.39, 0.29) is 11.6 Å². The molecule has 0 aliphatic carbocycles. The molecule has 0 N–H and O–H groups in total. The standard InChI is InChI=1S/C22H35F2NO/c1-6-9-10-17(8-3)13-15-25(21(26)22(4,5)14-7-2)20-12-11-18(23)16-19(20)24/h11-12,16-17H,6-10,13-15H2,1-5H3. The van der Waals surface area contributed by atoms with E-state index in [0.29, 0.717) is 12.5 Å². The van der Waals surface area contributed by atoms with Crippen LogP contribution in [0.1, 0.15) is 79.6 Å². The molecule has 0 spiro atoms. The Balaban J connectivity index is 3.07. The number of hydrogen-bond donors (Lipinski definition) is 0. The third-order valence-corrected chi connectivity index (χ3v) is 5.20. The third-order valence-electron chi connectivity index (χ3n) is 5.20. The summed E-state index contributed by atoms with van der Waals surface area (Å²) in [5, 5.41) is 0. The highest BCUT2D eigenvalue weighted by molar-refractivity contribution is 5.97. The zero-order chi connectivity index (χ0) is 19.7. The maximum Gasteiger partial charge on any atom is 0.232 e. The van der Waals surface area contributed by atoms with Gasteiger partial charge in [-0.3, -0.25) is 4.79 Å². The number of rotatable bonds is 11. The highest BCUT2D eigenvalue weighted by atomic mass is 19.1. The molecule has 4 heteroatoms. The van der Waals surface area contributed by atoms with Gasteiger partial charge in [-0.2, -0.15) is 0 Å². The molecule has 148 valence electrons. The van der Waals surface area contributed by atoms with E-state index in [1.165, 1.54) is 18.6 Å². The molecule has 26 heavy (non-hydrogen) atoms. The molecule has 1 amide bonds. The summed E-state index contributed by atoms with van der Waals surface area (Å²) in [6, 6.07) is 3.47. The van der Waals surface area contributed by atoms with E-state index in [9.17, 15) is 13.6 Å². The Morgan fingerprint density at radius 2 is 1.81 bits per heavy atom. The molecular formula is C22H35F2NO. The number of benzene rings is 1. The summed E-state index contributed by atoms with van der Waals surface area (Å²) in [5.41, 5.74) is -0.383. The van der Waals surface area contributed by atoms with Crippen molar-refractivity contribution in [2.45, 2.75) is 79.6 Å². The van der Waals surface area contributed by atoms with Gasteiger partial charge in [-0.15, -0.1) is 0 Å². The first kappa shape index (κ1) is 22.6. The van der Waals surface area contributed by atoms with Crippen LogP contribution in [0.2, 0.25) is 0 Å². The largest absolute Gasteiger partial charge is 0.309 e. The lowest BCUT2D eigenvalue weighted by molar-refractivity contribution is -0.127. The first-order valence-electron chi connectivity index (χ1n) is 10.0. The second-order valence-electron chi connectivity index (χ2n) is 7.89. The summed E-state index contributed by atoms with van der Waals surface area (Å²) < 4.78 is 27.7. The normalized spacial score (nSPS) is 12.9. The van der Waals surface area contributed by atoms with Crippen molar-refractivity contribution in [3.05, 3.63) is 29.8 Å². The van der Waals surface area contributed by atoms with E-state index in [1.54, 1.807) is 4.90 Å². The minimum Gasteiger partial charge on any atom is -0.309 e. The topological polar surface area (TPSA) is 20.3 Å². The van der Waals surface area contributed by atoms with Crippen LogP contribution in [0.25, 0.3) is 0 Å². The highest BCUT2D eigenvalue weighted by Gasteiger charge is 2.33. The van der Waals surface area contributed by atoms with Crippen molar-refractivity contribution < 1.29 is 13.6 Å². The lowest BCUT2D eigenvalue weighted by Gasteiger charge is -2.33. The zero-order valence-corrected chi connectivity index (χ0v) is 17.1. The van der Waals surface area contributed by atoms with E-state index >= 15 is 0 Å². The third kappa shape index (κ3) is 6.37. The quantitative estimate of drug-likeness (QED) is 0.424. The van der Waals surface area contributed by atoms with Gasteiger partial charge in [-0.1, -0.05) is 66.7 Å². The Hall–Kier alpha value is -1.45. The molecule has 0 aromatic heterocycles. The number of anilines is 1. The molecule has 0 fully saturated rings. The Morgan fingerprint density at radius 3 is 2.35 bits per heavy atom. The van der Waals surface area contributed by atoms with Gasteiger partial charge < -0.3 is 4.90 Å². The number of nitrogens with zero attached hydrogens (tertiary/aromatic N) is 1. The van der Waals surface area contributed by atoms with E-state index in [1.807, 2.05) is 20.8 Å². The van der Waals surface area contributed by atoms with Gasteiger partial charge in [-0.25, -0.2) is 8.78 Å². The van der Waals surface area contributed by atoms with Crippen molar-refractivity contribution in [1.29, 1.82) is 0 Å². The molecule has 0 heterocycles. The van der Waals surface area contributed by atoms with Gasteiger partial charge in [0.15, 0.2) is 0 Å². The Labute approximate surface area is 158 Å². The van der Waals surface area contributed by atoms with E-state index in [0.717, 1.165) is 44.6 Å². The van der Waals surface area contributed by atoms with Crippen LogP contribution in [0.15, 0.2) is 18.2 Å². The number of unbranched alkanes of at least 4 members (excludes halogenated alkanes) is 1. The molecule has 1 unspecified atom stereocenters. The first-order valence-corrected chi connectivity index (χ1v) is 10.0. The van der Waals surface area contributed by atoms with Crippen molar-refractivity contribution in [3.8, 4) is 0 Å². The van der Waals surface area contributed by atoms with Gasteiger partial charge in [-0.05, 0) is 30.9 Å². The van der Waals surface area contributed by atoms with Crippen LogP contribution in [-0.4, -0.2) is 12.5 Å². The average Bonchev–Trinajstić information content (AvgIpc) is 2.58. The Bertz CT molecular complexity index is 571. The summed E-state index contributed by atoms with van der Waals surface area (Å²) in [6.07, 6.45) is 6.94. The predicted molar refractivity (Wildman–Crippen MR) is 105 cm³/mol. The zero-order valence-electron chi connectivity index (χ0n) is 17.1. The van der Waals surface area contributed by atoms with Crippen molar-refractivity contribution in [2.75, 3.05) is 11.4 Å². The summed E-state index contributed by atoms with van der Waals surface area (Å²) in [7, 11) is 0. The fourth-order valence-corrected chi connectivity index (χ4v) is 3.49. The molecule has 1 rings (SSSR count). The fourth-order valence-electron chi connectivity index (χ4n) is 3.49. The Kier molecular flexibility index (Phi) is 9.24. The maximum atomic E-state index is 14.4. The lowest BCUT2D eigenvalue weighted by Crippen LogP contribution is -2.42. The molecule has 2 nitrogen and oxygen atoms in total. The molecule has 0 aliphatic rings. The van der Waals surface area contributed by atoms with Crippen molar-refractivity contribution >= 4 is 11.6 Å². The van der Waals surface area contributed by atoms with E-state index in [4.69, 9.17) is 0 Å². The number of amides is 1. The second kappa shape index (κ2) is 10.6. The van der Waals surface area contributed by atoms with Gasteiger partial charge in [0, 0.05) is 18.0 Å². The minimum absolute atomic E-state index is 0.0878. The molecule has 1 aromatic rings. The first-order chi connectivity index (χ1) is 12.3. The molecule has 0 aliphatic heterocycles. The Morgan fingerprint density at radius 1 is 1.12 bits per heavy atom. The molecule has 0 radical (unpaired) electrons. The summed E-state index contributed by atoms with van der Waals surface area (Å²) in [5.74, 6) is -0.869. The average molecular weight is 368 g/mol. The van der Waals surface area contributed by atoms with Crippen molar-refractivity contribution in [2.24, 2.45) is 11.3 Å².